The van der Waals surface area contributed by atoms with Crippen molar-refractivity contribution in [3.63, 3.8) is 0 Å². The van der Waals surface area contributed by atoms with Crippen LogP contribution in [0.4, 0.5) is 0 Å². The number of aryl methyl sites for hydroxylation is 1. The molecule has 0 heterocycles. The topological polar surface area (TPSA) is 87.0 Å². The van der Waals surface area contributed by atoms with Gasteiger partial charge in [-0.2, -0.15) is 0 Å². The summed E-state index contributed by atoms with van der Waals surface area (Å²) in [6, 6.07) is 3.40. The molecule has 0 radical (unpaired) electrons. The van der Waals surface area contributed by atoms with Gasteiger partial charge in [0.25, 0.3) is 0 Å². The number of aromatic hydroxyl groups is 1. The van der Waals surface area contributed by atoms with E-state index in [-0.39, 0.29) is 29.0 Å². The van der Waals surface area contributed by atoms with Crippen LogP contribution in [0.25, 0.3) is 0 Å². The van der Waals surface area contributed by atoms with Crippen LogP contribution in [0.1, 0.15) is 82.3 Å². The summed E-state index contributed by atoms with van der Waals surface area (Å²) in [5.74, 6) is 1.29. The third-order valence-electron chi connectivity index (χ3n) is 7.95. The fourth-order valence-corrected chi connectivity index (χ4v) is 6.43. The van der Waals surface area contributed by atoms with E-state index >= 15 is 0 Å². The Morgan fingerprint density at radius 3 is 2.79 bits per heavy atom. The van der Waals surface area contributed by atoms with Gasteiger partial charge in [-0.15, -0.1) is 0 Å². The van der Waals surface area contributed by atoms with Crippen LogP contribution in [-0.2, 0) is 11.2 Å². The molecule has 3 aliphatic rings. The van der Waals surface area contributed by atoms with E-state index in [0.717, 1.165) is 56.1 Å². The molecule has 1 aromatic carbocycles. The second-order valence-corrected chi connectivity index (χ2v) is 9.66. The Labute approximate surface area is 173 Å². The molecule has 2 fully saturated rings. The van der Waals surface area contributed by atoms with E-state index in [0.29, 0.717) is 24.5 Å². The Morgan fingerprint density at radius 2 is 2.03 bits per heavy atom. The standard InChI is InChI=1S/C24H34O5/c1-3-4-5-6-21(27)29-20-12-15(25)11-14-7-8-16-17(22(14)20)9-10-24(2)18(16)13-19(26)23(24)28/h11-12,16-19,23,25-26,28H,3-10,13H2,1-2H3/t16-,17+,18+,19-,23+,24+/m1/s1. The highest BCUT2D eigenvalue weighted by Gasteiger charge is 2.58. The molecule has 6 atom stereocenters. The second kappa shape index (κ2) is 7.92. The molecule has 5 heteroatoms. The molecule has 1 aromatic rings. The number of fused-ring (bicyclic) bond motifs is 5. The van der Waals surface area contributed by atoms with Crippen LogP contribution >= 0.6 is 0 Å². The van der Waals surface area contributed by atoms with Gasteiger partial charge in [0.1, 0.15) is 11.5 Å². The van der Waals surface area contributed by atoms with Crippen LogP contribution in [-0.4, -0.2) is 33.5 Å². The molecular weight excluding hydrogens is 368 g/mol. The van der Waals surface area contributed by atoms with Gasteiger partial charge in [-0.05, 0) is 73.3 Å². The number of hydrogen-bond donors (Lipinski definition) is 3. The molecule has 4 rings (SSSR count). The minimum atomic E-state index is -0.662. The van der Waals surface area contributed by atoms with Crippen LogP contribution in [0.2, 0.25) is 0 Å². The number of carbonyl (C=O) groups excluding carboxylic acids is 1. The number of benzene rings is 1. The van der Waals surface area contributed by atoms with Crippen molar-refractivity contribution in [1.82, 2.24) is 0 Å². The van der Waals surface area contributed by atoms with Gasteiger partial charge in [0.15, 0.2) is 0 Å². The molecular formula is C24H34O5. The average Bonchev–Trinajstić information content (AvgIpc) is 2.91. The SMILES string of the molecule is CCCCCC(=O)Oc1cc(O)cc2c1[C@H]1CC[C@]3(C)[C@@H](O)[C@H](O)C[C@H]3[C@@H]1CC2. The van der Waals surface area contributed by atoms with Crippen LogP contribution in [0.5, 0.6) is 11.5 Å². The normalized spacial score (nSPS) is 35.5. The first kappa shape index (κ1) is 20.7. The van der Waals surface area contributed by atoms with Crippen molar-refractivity contribution in [1.29, 1.82) is 0 Å². The summed E-state index contributed by atoms with van der Waals surface area (Å²) in [5, 5.41) is 31.1. The summed E-state index contributed by atoms with van der Waals surface area (Å²) < 4.78 is 5.77. The average molecular weight is 403 g/mol. The number of rotatable bonds is 5. The predicted octanol–water partition coefficient (Wildman–Crippen LogP) is 4.07. The lowest BCUT2D eigenvalue weighted by atomic mass is 9.55. The first-order valence-electron chi connectivity index (χ1n) is 11.3. The molecule has 2 saturated carbocycles. The van der Waals surface area contributed by atoms with Crippen LogP contribution in [0.15, 0.2) is 12.1 Å². The lowest BCUT2D eigenvalue weighted by Crippen LogP contribution is -2.45. The van der Waals surface area contributed by atoms with Crippen molar-refractivity contribution in [2.24, 2.45) is 17.3 Å². The summed E-state index contributed by atoms with van der Waals surface area (Å²) in [4.78, 5) is 12.4. The number of phenols is 1. The van der Waals surface area contributed by atoms with E-state index in [4.69, 9.17) is 4.74 Å². The molecule has 3 aliphatic carbocycles. The van der Waals surface area contributed by atoms with Crippen molar-refractivity contribution in [3.05, 3.63) is 23.3 Å². The van der Waals surface area contributed by atoms with E-state index in [2.05, 4.69) is 13.8 Å². The first-order valence-corrected chi connectivity index (χ1v) is 11.3. The van der Waals surface area contributed by atoms with Gasteiger partial charge in [-0.3, -0.25) is 4.79 Å². The molecule has 0 amide bonds. The van der Waals surface area contributed by atoms with Crippen LogP contribution in [0.3, 0.4) is 0 Å². The third-order valence-corrected chi connectivity index (χ3v) is 7.95. The Balaban J connectivity index is 1.62. The van der Waals surface area contributed by atoms with E-state index < -0.39 is 12.2 Å². The number of hydrogen-bond acceptors (Lipinski definition) is 5. The molecule has 3 N–H and O–H groups in total. The maximum atomic E-state index is 12.4. The zero-order chi connectivity index (χ0) is 20.8. The number of ether oxygens (including phenoxy) is 1. The largest absolute Gasteiger partial charge is 0.508 e. The van der Waals surface area contributed by atoms with Crippen molar-refractivity contribution in [2.45, 2.75) is 89.8 Å². The first-order chi connectivity index (χ1) is 13.8. The summed E-state index contributed by atoms with van der Waals surface area (Å²) >= 11 is 0. The summed E-state index contributed by atoms with van der Waals surface area (Å²) in [6.07, 6.45) is 6.14. The molecule has 5 nitrogen and oxygen atoms in total. The fraction of sp³-hybridized carbons (Fsp3) is 0.708. The molecule has 0 saturated heterocycles. The van der Waals surface area contributed by atoms with Crippen molar-refractivity contribution < 1.29 is 24.9 Å². The molecule has 0 spiro atoms. The van der Waals surface area contributed by atoms with E-state index in [1.807, 2.05) is 6.07 Å². The van der Waals surface area contributed by atoms with Gasteiger partial charge in [0, 0.05) is 18.1 Å². The van der Waals surface area contributed by atoms with Gasteiger partial charge in [-0.1, -0.05) is 26.7 Å². The number of aliphatic hydroxyl groups is 2. The molecule has 160 valence electrons. The Bertz CT molecular complexity index is 775. The number of phenolic OH excluding ortho intramolecular Hbond substituents is 1. The Morgan fingerprint density at radius 1 is 1.24 bits per heavy atom. The molecule has 29 heavy (non-hydrogen) atoms. The lowest BCUT2D eigenvalue weighted by molar-refractivity contribution is -0.134. The van der Waals surface area contributed by atoms with E-state index in [1.165, 1.54) is 0 Å². The Kier molecular flexibility index (Phi) is 5.64. The highest BCUT2D eigenvalue weighted by molar-refractivity contribution is 5.73. The third kappa shape index (κ3) is 3.57. The zero-order valence-corrected chi connectivity index (χ0v) is 17.6. The number of esters is 1. The summed E-state index contributed by atoms with van der Waals surface area (Å²) in [5.41, 5.74) is 1.90. The molecule has 0 unspecified atom stereocenters. The van der Waals surface area contributed by atoms with E-state index in [9.17, 15) is 20.1 Å². The second-order valence-electron chi connectivity index (χ2n) is 9.66. The number of aliphatic hydroxyl groups excluding tert-OH is 2. The highest BCUT2D eigenvalue weighted by Crippen LogP contribution is 2.62. The maximum Gasteiger partial charge on any atom is 0.311 e. The monoisotopic (exact) mass is 402 g/mol. The van der Waals surface area contributed by atoms with Crippen molar-refractivity contribution >= 4 is 5.97 Å². The van der Waals surface area contributed by atoms with Gasteiger partial charge in [0.2, 0.25) is 0 Å². The minimum absolute atomic E-state index is 0.144. The molecule has 0 aliphatic heterocycles. The smallest absolute Gasteiger partial charge is 0.311 e. The van der Waals surface area contributed by atoms with Gasteiger partial charge in [0.05, 0.1) is 12.2 Å². The quantitative estimate of drug-likeness (QED) is 0.393. The number of unbranched alkanes of at least 4 members (excludes halogenated alkanes) is 2. The minimum Gasteiger partial charge on any atom is -0.508 e. The zero-order valence-electron chi connectivity index (χ0n) is 17.6. The van der Waals surface area contributed by atoms with Gasteiger partial charge >= 0.3 is 5.97 Å². The molecule has 0 bridgehead atoms. The van der Waals surface area contributed by atoms with E-state index in [1.54, 1.807) is 6.07 Å². The maximum absolute atomic E-state index is 12.4. The van der Waals surface area contributed by atoms with Gasteiger partial charge in [-0.25, -0.2) is 0 Å². The molecule has 0 aromatic heterocycles. The predicted molar refractivity (Wildman–Crippen MR) is 110 cm³/mol. The Hall–Kier alpha value is -1.59. The lowest BCUT2D eigenvalue weighted by Gasteiger charge is -2.50. The van der Waals surface area contributed by atoms with Gasteiger partial charge < -0.3 is 20.1 Å². The van der Waals surface area contributed by atoms with Crippen molar-refractivity contribution in [3.8, 4) is 11.5 Å². The summed E-state index contributed by atoms with van der Waals surface area (Å²) in [7, 11) is 0. The summed E-state index contributed by atoms with van der Waals surface area (Å²) in [6.45, 7) is 4.22. The fourth-order valence-electron chi connectivity index (χ4n) is 6.43. The van der Waals surface area contributed by atoms with Crippen LogP contribution in [0, 0.1) is 17.3 Å². The highest BCUT2D eigenvalue weighted by atomic mass is 16.5. The van der Waals surface area contributed by atoms with Crippen LogP contribution < -0.4 is 4.74 Å². The number of carbonyl (C=O) groups is 1. The van der Waals surface area contributed by atoms with Crippen molar-refractivity contribution in [2.75, 3.05) is 0 Å².